The summed E-state index contributed by atoms with van der Waals surface area (Å²) in [5.41, 5.74) is 5.39. The van der Waals surface area contributed by atoms with Crippen molar-refractivity contribution in [1.29, 1.82) is 0 Å². The highest BCUT2D eigenvalue weighted by molar-refractivity contribution is 7.80. The van der Waals surface area contributed by atoms with Crippen molar-refractivity contribution in [3.8, 4) is 0 Å². The predicted molar refractivity (Wildman–Crippen MR) is 70.2 cm³/mol. The molecule has 0 heterocycles. The molecule has 1 fully saturated rings. The summed E-state index contributed by atoms with van der Waals surface area (Å²) in [7, 11) is 0. The van der Waals surface area contributed by atoms with Gasteiger partial charge in [-0.25, -0.2) is 0 Å². The van der Waals surface area contributed by atoms with E-state index in [9.17, 15) is 4.79 Å². The highest BCUT2D eigenvalue weighted by Crippen LogP contribution is 2.22. The minimum Gasteiger partial charge on any atom is -0.393 e. The van der Waals surface area contributed by atoms with Gasteiger partial charge < -0.3 is 11.1 Å². The predicted octanol–water partition coefficient (Wildman–Crippen LogP) is 2.14. The van der Waals surface area contributed by atoms with Crippen molar-refractivity contribution in [3.63, 3.8) is 0 Å². The van der Waals surface area contributed by atoms with Crippen LogP contribution in [0.4, 0.5) is 0 Å². The lowest BCUT2D eigenvalue weighted by Crippen LogP contribution is -2.31. The maximum atomic E-state index is 11.8. The lowest BCUT2D eigenvalue weighted by molar-refractivity contribution is -0.125. The normalized spacial score (nSPS) is 17.8. The second kappa shape index (κ2) is 7.60. The molecule has 0 aromatic rings. The average Bonchev–Trinajstić information content (AvgIpc) is 2.52. The van der Waals surface area contributed by atoms with E-state index in [1.165, 1.54) is 25.7 Å². The van der Waals surface area contributed by atoms with Gasteiger partial charge in [-0.05, 0) is 25.7 Å². The summed E-state index contributed by atoms with van der Waals surface area (Å²) in [4.78, 5) is 12.4. The summed E-state index contributed by atoms with van der Waals surface area (Å²) < 4.78 is 0. The molecule has 0 atom stereocenters. The molecule has 1 amide bonds. The molecule has 0 aromatic heterocycles. The van der Waals surface area contributed by atoms with E-state index >= 15 is 0 Å². The molecule has 0 unspecified atom stereocenters. The zero-order valence-electron chi connectivity index (χ0n) is 9.84. The van der Waals surface area contributed by atoms with Gasteiger partial charge in [0.05, 0.1) is 4.99 Å². The number of thiocarbonyl (C=S) groups is 1. The fraction of sp³-hybridized carbons (Fsp3) is 0.833. The molecule has 92 valence electrons. The number of rotatable bonds is 5. The van der Waals surface area contributed by atoms with Gasteiger partial charge in [0, 0.05) is 12.5 Å². The van der Waals surface area contributed by atoms with Gasteiger partial charge in [-0.2, -0.15) is 0 Å². The fourth-order valence-corrected chi connectivity index (χ4v) is 2.30. The molecule has 1 saturated carbocycles. The number of nitrogens with one attached hydrogen (secondary N) is 1. The smallest absolute Gasteiger partial charge is 0.223 e. The Kier molecular flexibility index (Phi) is 6.38. The van der Waals surface area contributed by atoms with Gasteiger partial charge in [-0.1, -0.05) is 37.9 Å². The van der Waals surface area contributed by atoms with Crippen molar-refractivity contribution in [2.45, 2.75) is 51.4 Å². The van der Waals surface area contributed by atoms with E-state index in [0.717, 1.165) is 25.7 Å². The van der Waals surface area contributed by atoms with Crippen LogP contribution in [-0.2, 0) is 4.79 Å². The number of nitrogens with two attached hydrogens (primary N) is 1. The van der Waals surface area contributed by atoms with Gasteiger partial charge in [0.15, 0.2) is 0 Å². The van der Waals surface area contributed by atoms with E-state index in [0.29, 0.717) is 11.5 Å². The third-order valence-electron chi connectivity index (χ3n) is 3.13. The van der Waals surface area contributed by atoms with Crippen LogP contribution in [0.5, 0.6) is 0 Å². The van der Waals surface area contributed by atoms with Crippen molar-refractivity contribution >= 4 is 23.1 Å². The van der Waals surface area contributed by atoms with Gasteiger partial charge >= 0.3 is 0 Å². The number of carbonyl (C=O) groups excluding carboxylic acids is 1. The van der Waals surface area contributed by atoms with E-state index in [1.54, 1.807) is 0 Å². The number of hydrogen-bond acceptors (Lipinski definition) is 2. The first kappa shape index (κ1) is 13.4. The Hall–Kier alpha value is -0.640. The molecule has 0 radical (unpaired) electrons. The third kappa shape index (κ3) is 5.45. The summed E-state index contributed by atoms with van der Waals surface area (Å²) in [5, 5.41) is 2.98. The Balaban J connectivity index is 2.15. The molecule has 4 heteroatoms. The van der Waals surface area contributed by atoms with Crippen molar-refractivity contribution < 1.29 is 4.79 Å². The molecule has 1 aliphatic rings. The standard InChI is InChI=1S/C12H22N2OS/c13-11(16)8-5-9-14-12(15)10-6-3-1-2-4-7-10/h10H,1-9H2,(H2,13,16)(H,14,15). The maximum absolute atomic E-state index is 11.8. The Morgan fingerprint density at radius 1 is 1.25 bits per heavy atom. The summed E-state index contributed by atoms with van der Waals surface area (Å²) in [6.45, 7) is 0.701. The van der Waals surface area contributed by atoms with Gasteiger partial charge in [0.25, 0.3) is 0 Å². The lowest BCUT2D eigenvalue weighted by atomic mass is 9.99. The van der Waals surface area contributed by atoms with Crippen LogP contribution >= 0.6 is 12.2 Å². The molecule has 1 rings (SSSR count). The average molecular weight is 242 g/mol. The maximum Gasteiger partial charge on any atom is 0.223 e. The van der Waals surface area contributed by atoms with E-state index in [-0.39, 0.29) is 11.8 Å². The summed E-state index contributed by atoms with van der Waals surface area (Å²) in [5.74, 6) is 0.470. The molecule has 0 spiro atoms. The Morgan fingerprint density at radius 3 is 2.44 bits per heavy atom. The van der Waals surface area contributed by atoms with Gasteiger partial charge in [-0.3, -0.25) is 4.79 Å². The minimum absolute atomic E-state index is 0.227. The zero-order valence-corrected chi connectivity index (χ0v) is 10.7. The van der Waals surface area contributed by atoms with Crippen LogP contribution in [0.15, 0.2) is 0 Å². The molecule has 3 nitrogen and oxygen atoms in total. The van der Waals surface area contributed by atoms with E-state index in [2.05, 4.69) is 5.32 Å². The zero-order chi connectivity index (χ0) is 11.8. The Labute approximate surface area is 103 Å². The van der Waals surface area contributed by atoms with Gasteiger partial charge in [0.1, 0.15) is 0 Å². The lowest BCUT2D eigenvalue weighted by Gasteiger charge is -2.13. The number of amides is 1. The van der Waals surface area contributed by atoms with Crippen LogP contribution < -0.4 is 11.1 Å². The first-order valence-corrected chi connectivity index (χ1v) is 6.67. The number of hydrogen-bond donors (Lipinski definition) is 2. The van der Waals surface area contributed by atoms with Gasteiger partial charge in [-0.15, -0.1) is 0 Å². The van der Waals surface area contributed by atoms with Crippen LogP contribution in [0.1, 0.15) is 51.4 Å². The van der Waals surface area contributed by atoms with Crippen molar-refractivity contribution in [2.24, 2.45) is 11.7 Å². The molecular formula is C12H22N2OS. The quantitative estimate of drug-likeness (QED) is 0.441. The first-order chi connectivity index (χ1) is 7.70. The molecule has 16 heavy (non-hydrogen) atoms. The largest absolute Gasteiger partial charge is 0.393 e. The monoisotopic (exact) mass is 242 g/mol. The molecule has 0 aliphatic heterocycles. The summed E-state index contributed by atoms with van der Waals surface area (Å²) in [6.07, 6.45) is 8.66. The van der Waals surface area contributed by atoms with Crippen LogP contribution in [0.3, 0.4) is 0 Å². The van der Waals surface area contributed by atoms with Gasteiger partial charge in [0.2, 0.25) is 5.91 Å². The van der Waals surface area contributed by atoms with Crippen LogP contribution in [0, 0.1) is 5.92 Å². The molecular weight excluding hydrogens is 220 g/mol. The highest BCUT2D eigenvalue weighted by atomic mass is 32.1. The SMILES string of the molecule is NC(=S)CCCNC(=O)C1CCCCCC1. The molecule has 1 aliphatic carbocycles. The van der Waals surface area contributed by atoms with E-state index in [1.807, 2.05) is 0 Å². The van der Waals surface area contributed by atoms with Crippen LogP contribution in [0.25, 0.3) is 0 Å². The van der Waals surface area contributed by atoms with Crippen LogP contribution in [-0.4, -0.2) is 17.4 Å². The second-order valence-corrected chi connectivity index (χ2v) is 5.07. The fourth-order valence-electron chi connectivity index (χ4n) is 2.16. The van der Waals surface area contributed by atoms with E-state index < -0.39 is 0 Å². The Morgan fingerprint density at radius 2 is 1.88 bits per heavy atom. The summed E-state index contributed by atoms with van der Waals surface area (Å²) >= 11 is 4.78. The molecule has 0 saturated heterocycles. The van der Waals surface area contributed by atoms with Crippen LogP contribution in [0.2, 0.25) is 0 Å². The van der Waals surface area contributed by atoms with E-state index in [4.69, 9.17) is 18.0 Å². The summed E-state index contributed by atoms with van der Waals surface area (Å²) in [6, 6.07) is 0. The topological polar surface area (TPSA) is 55.1 Å². The third-order valence-corrected chi connectivity index (χ3v) is 3.33. The van der Waals surface area contributed by atoms with Crippen molar-refractivity contribution in [3.05, 3.63) is 0 Å². The number of carbonyl (C=O) groups is 1. The van der Waals surface area contributed by atoms with Crippen molar-refractivity contribution in [2.75, 3.05) is 6.54 Å². The highest BCUT2D eigenvalue weighted by Gasteiger charge is 2.19. The Bertz CT molecular complexity index is 235. The first-order valence-electron chi connectivity index (χ1n) is 6.26. The van der Waals surface area contributed by atoms with Crippen molar-refractivity contribution in [1.82, 2.24) is 5.32 Å². The molecule has 3 N–H and O–H groups in total. The second-order valence-electron chi connectivity index (χ2n) is 4.55. The minimum atomic E-state index is 0.227. The molecule has 0 bridgehead atoms. The molecule has 0 aromatic carbocycles.